The fourth-order valence-electron chi connectivity index (χ4n) is 6.30. The van der Waals surface area contributed by atoms with Crippen LogP contribution < -0.4 is 5.73 Å². The average Bonchev–Trinajstić information content (AvgIpc) is 3.56. The molecular weight excluding hydrogens is 406 g/mol. The van der Waals surface area contributed by atoms with E-state index >= 15 is 0 Å². The first-order chi connectivity index (χ1) is 15.6. The lowest BCUT2D eigenvalue weighted by Gasteiger charge is -2.47. The van der Waals surface area contributed by atoms with Crippen LogP contribution in [0.4, 0.5) is 0 Å². The highest BCUT2D eigenvalue weighted by Gasteiger charge is 2.62. The Morgan fingerprint density at radius 1 is 1.03 bits per heavy atom. The summed E-state index contributed by atoms with van der Waals surface area (Å²) < 4.78 is 5.71. The monoisotopic (exact) mass is 437 g/mol. The van der Waals surface area contributed by atoms with E-state index in [1.54, 1.807) is 0 Å². The Morgan fingerprint density at radius 2 is 1.76 bits per heavy atom. The van der Waals surface area contributed by atoms with Crippen molar-refractivity contribution in [3.05, 3.63) is 69.8 Å². The lowest BCUT2D eigenvalue weighted by molar-refractivity contribution is 0.00684. The largest absolute Gasteiger partial charge is 0.383 e. The van der Waals surface area contributed by atoms with Crippen molar-refractivity contribution in [1.29, 1.82) is 5.26 Å². The van der Waals surface area contributed by atoms with Crippen LogP contribution in [0.5, 0.6) is 0 Å². The van der Waals surface area contributed by atoms with Gasteiger partial charge in [-0.2, -0.15) is 5.26 Å². The average molecular weight is 438 g/mol. The molecule has 1 aliphatic heterocycles. The maximum atomic E-state index is 9.65. The van der Waals surface area contributed by atoms with Crippen molar-refractivity contribution in [3.63, 3.8) is 0 Å². The minimum absolute atomic E-state index is 0. The molecule has 0 saturated heterocycles. The van der Waals surface area contributed by atoms with Crippen LogP contribution in [0.3, 0.4) is 0 Å². The first-order valence-electron chi connectivity index (χ1n) is 11.7. The standard InChI is InChI=1S/C28H27N3O.CH4/c1-32-22-10-12-27(13-11-22)16-21-8-6-19(5-4-18-2-3-18)14-24(21)28(27)25-15-20(17-29)7-9-23(25)26(30)31-28;/h6-9,14-15,18,22H,2-3,10-13,16H2,1H3,(H2,30,31);1H4/t22?,27?,28-;/m1./s1. The highest BCUT2D eigenvalue weighted by Crippen LogP contribution is 2.64. The van der Waals surface area contributed by atoms with E-state index in [9.17, 15) is 5.26 Å². The van der Waals surface area contributed by atoms with Crippen molar-refractivity contribution in [2.24, 2.45) is 22.1 Å². The van der Waals surface area contributed by atoms with Crippen LogP contribution in [0.25, 0.3) is 0 Å². The number of fused-ring (bicyclic) bond motifs is 5. The van der Waals surface area contributed by atoms with Crippen molar-refractivity contribution in [1.82, 2.24) is 0 Å². The van der Waals surface area contributed by atoms with E-state index in [1.165, 1.54) is 24.0 Å². The topological polar surface area (TPSA) is 71.4 Å². The molecule has 0 aromatic heterocycles. The SMILES string of the molecule is C.COC1CCC2(CC1)Cc1ccc(C#CC3CC3)cc1[C@]21N=C(N)c2ccc(C#N)cc21. The predicted octanol–water partition coefficient (Wildman–Crippen LogP) is 5.05. The molecule has 0 unspecified atom stereocenters. The molecule has 2 aromatic carbocycles. The van der Waals surface area contributed by atoms with Gasteiger partial charge >= 0.3 is 0 Å². The van der Waals surface area contributed by atoms with Crippen molar-refractivity contribution < 1.29 is 4.74 Å². The Morgan fingerprint density at radius 3 is 2.45 bits per heavy atom. The van der Waals surface area contributed by atoms with Crippen molar-refractivity contribution >= 4 is 5.84 Å². The normalized spacial score (nSPS) is 28.8. The van der Waals surface area contributed by atoms with Gasteiger partial charge in [0.05, 0.1) is 17.7 Å². The van der Waals surface area contributed by atoms with Crippen molar-refractivity contribution in [3.8, 4) is 17.9 Å². The number of nitrogens with zero attached hydrogens (tertiary/aromatic N) is 2. The molecule has 33 heavy (non-hydrogen) atoms. The third-order valence-corrected chi connectivity index (χ3v) is 8.12. The number of hydrogen-bond donors (Lipinski definition) is 1. The van der Waals surface area contributed by atoms with E-state index in [4.69, 9.17) is 15.5 Å². The molecule has 4 aliphatic rings. The molecule has 0 radical (unpaired) electrons. The molecule has 168 valence electrons. The van der Waals surface area contributed by atoms with Gasteiger partial charge in [-0.25, -0.2) is 0 Å². The first-order valence-corrected chi connectivity index (χ1v) is 11.7. The number of aliphatic imine (C=N–C) groups is 1. The van der Waals surface area contributed by atoms with E-state index in [1.807, 2.05) is 25.3 Å². The molecule has 2 fully saturated rings. The number of amidine groups is 1. The predicted molar refractivity (Wildman–Crippen MR) is 131 cm³/mol. The van der Waals surface area contributed by atoms with E-state index in [2.05, 4.69) is 36.1 Å². The molecule has 2 N–H and O–H groups in total. The Balaban J connectivity index is 0.00000228. The number of nitrogens with two attached hydrogens (primary N) is 1. The van der Waals surface area contributed by atoms with Crippen LogP contribution in [0.2, 0.25) is 0 Å². The first kappa shape index (κ1) is 21.7. The number of methoxy groups -OCH3 is 1. The maximum absolute atomic E-state index is 9.65. The molecule has 4 nitrogen and oxygen atoms in total. The van der Waals surface area contributed by atoms with Crippen LogP contribution in [-0.4, -0.2) is 19.0 Å². The second-order valence-corrected chi connectivity index (χ2v) is 9.89. The zero-order valence-corrected chi connectivity index (χ0v) is 18.4. The van der Waals surface area contributed by atoms with Gasteiger partial charge in [0.25, 0.3) is 0 Å². The van der Waals surface area contributed by atoms with Gasteiger partial charge in [0.2, 0.25) is 0 Å². The van der Waals surface area contributed by atoms with Crippen LogP contribution in [-0.2, 0) is 16.7 Å². The third kappa shape index (κ3) is 3.12. The summed E-state index contributed by atoms with van der Waals surface area (Å²) in [6, 6.07) is 14.9. The Kier molecular flexibility index (Phi) is 5.11. The molecule has 0 amide bonds. The molecule has 1 heterocycles. The number of rotatable bonds is 1. The maximum Gasteiger partial charge on any atom is 0.127 e. The lowest BCUT2D eigenvalue weighted by atomic mass is 9.59. The van der Waals surface area contributed by atoms with Crippen LogP contribution >= 0.6 is 0 Å². The molecule has 2 spiro atoms. The number of nitriles is 1. The molecule has 2 aromatic rings. The summed E-state index contributed by atoms with van der Waals surface area (Å²) in [6.07, 6.45) is 7.79. The molecular formula is C29H31N3O. The van der Waals surface area contributed by atoms with Crippen molar-refractivity contribution in [2.45, 2.75) is 64.0 Å². The van der Waals surface area contributed by atoms with E-state index < -0.39 is 5.54 Å². The van der Waals surface area contributed by atoms with Gasteiger partial charge in [-0.3, -0.25) is 4.99 Å². The van der Waals surface area contributed by atoms with Gasteiger partial charge < -0.3 is 10.5 Å². The number of ether oxygens (including phenoxy) is 1. The summed E-state index contributed by atoms with van der Waals surface area (Å²) >= 11 is 0. The van der Waals surface area contributed by atoms with Crippen LogP contribution in [0.15, 0.2) is 41.4 Å². The van der Waals surface area contributed by atoms with E-state index in [-0.39, 0.29) is 12.8 Å². The smallest absolute Gasteiger partial charge is 0.127 e. The van der Waals surface area contributed by atoms with Gasteiger partial charge in [0.15, 0.2) is 0 Å². The Bertz CT molecular complexity index is 1250. The van der Waals surface area contributed by atoms with Gasteiger partial charge in [-0.15, -0.1) is 0 Å². The zero-order valence-electron chi connectivity index (χ0n) is 18.4. The van der Waals surface area contributed by atoms with Gasteiger partial charge in [-0.05, 0) is 92.0 Å². The van der Waals surface area contributed by atoms with Crippen molar-refractivity contribution in [2.75, 3.05) is 7.11 Å². The minimum atomic E-state index is -0.551. The summed E-state index contributed by atoms with van der Waals surface area (Å²) in [5.74, 6) is 7.95. The third-order valence-electron chi connectivity index (χ3n) is 8.12. The molecule has 1 atom stereocenters. The molecule has 4 heteroatoms. The van der Waals surface area contributed by atoms with E-state index in [0.717, 1.165) is 48.8 Å². The molecule has 0 bridgehead atoms. The Hall–Kier alpha value is -3.08. The summed E-state index contributed by atoms with van der Waals surface area (Å²) in [7, 11) is 1.81. The quantitative estimate of drug-likeness (QED) is 0.635. The van der Waals surface area contributed by atoms with Gasteiger partial charge in [-0.1, -0.05) is 25.3 Å². The number of benzene rings is 2. The summed E-state index contributed by atoms with van der Waals surface area (Å²) in [5.41, 5.74) is 12.3. The molecule has 2 saturated carbocycles. The van der Waals surface area contributed by atoms with Gasteiger partial charge in [0, 0.05) is 29.6 Å². The minimum Gasteiger partial charge on any atom is -0.383 e. The fourth-order valence-corrected chi connectivity index (χ4v) is 6.30. The van der Waals surface area contributed by atoms with Crippen LogP contribution in [0.1, 0.15) is 79.3 Å². The van der Waals surface area contributed by atoms with Gasteiger partial charge in [0.1, 0.15) is 11.4 Å². The molecule has 6 rings (SSSR count). The summed E-state index contributed by atoms with van der Waals surface area (Å²) in [5, 5.41) is 9.65. The summed E-state index contributed by atoms with van der Waals surface area (Å²) in [4.78, 5) is 5.28. The lowest BCUT2D eigenvalue weighted by Crippen LogP contribution is -2.45. The molecule has 3 aliphatic carbocycles. The summed E-state index contributed by atoms with van der Waals surface area (Å²) in [6.45, 7) is 0. The highest BCUT2D eigenvalue weighted by atomic mass is 16.5. The number of hydrogen-bond acceptors (Lipinski definition) is 4. The second kappa shape index (κ2) is 7.75. The Labute approximate surface area is 196 Å². The van der Waals surface area contributed by atoms with E-state index in [0.29, 0.717) is 23.4 Å². The zero-order chi connectivity index (χ0) is 21.9. The second-order valence-electron chi connectivity index (χ2n) is 9.89. The highest BCUT2D eigenvalue weighted by molar-refractivity contribution is 6.03. The van der Waals surface area contributed by atoms with Crippen LogP contribution in [0, 0.1) is 34.5 Å². The fraction of sp³-hybridized carbons (Fsp3) is 0.448.